The predicted octanol–water partition coefficient (Wildman–Crippen LogP) is 1.43. The molecule has 0 saturated carbocycles. The molecule has 10 nitrogen and oxygen atoms in total. The van der Waals surface area contributed by atoms with Gasteiger partial charge in [-0.15, -0.1) is 0 Å². The third-order valence-corrected chi connectivity index (χ3v) is 10.5. The Kier molecular flexibility index (Phi) is 8.58. The molecule has 1 aromatic rings. The first kappa shape index (κ1) is 26.1. The van der Waals surface area contributed by atoms with E-state index in [1.165, 1.54) is 14.7 Å². The normalized spacial score (nSPS) is 21.2. The van der Waals surface area contributed by atoms with Crippen LogP contribution in [0, 0.1) is 5.92 Å². The number of piperazine rings is 1. The van der Waals surface area contributed by atoms with Crippen molar-refractivity contribution in [1.82, 2.24) is 19.0 Å². The Balaban J connectivity index is 1.70. The van der Waals surface area contributed by atoms with Gasteiger partial charge in [-0.1, -0.05) is 11.6 Å². The van der Waals surface area contributed by atoms with Gasteiger partial charge in [0.2, 0.25) is 0 Å². The van der Waals surface area contributed by atoms with Crippen LogP contribution < -0.4 is 5.48 Å². The van der Waals surface area contributed by atoms with Gasteiger partial charge < -0.3 is 0 Å². The monoisotopic (exact) mass is 562 g/mol. The van der Waals surface area contributed by atoms with E-state index in [0.717, 1.165) is 4.31 Å². The quantitative estimate of drug-likeness (QED) is 0.234. The second-order valence-electron chi connectivity index (χ2n) is 8.28. The number of halogens is 1. The Morgan fingerprint density at radius 1 is 1.06 bits per heavy atom. The summed E-state index contributed by atoms with van der Waals surface area (Å²) >= 11 is 4.14. The Hall–Kier alpha value is -1.49. The number of carbonyl (C=O) groups excluding carboxylic acids is 3. The summed E-state index contributed by atoms with van der Waals surface area (Å²) in [5.41, 5.74) is 5.81. The van der Waals surface area contributed by atoms with Crippen LogP contribution in [0.25, 0.3) is 0 Å². The van der Waals surface area contributed by atoms with E-state index in [-0.39, 0.29) is 49.1 Å². The predicted molar refractivity (Wildman–Crippen MR) is 124 cm³/mol. The summed E-state index contributed by atoms with van der Waals surface area (Å²) in [6.07, 6.45) is 0.713. The number of ketones is 1. The summed E-state index contributed by atoms with van der Waals surface area (Å²) in [4.78, 5) is 39.0. The van der Waals surface area contributed by atoms with Gasteiger partial charge in [-0.05, 0) is 24.3 Å². The van der Waals surface area contributed by atoms with Gasteiger partial charge in [-0.2, -0.15) is 0 Å². The molecule has 0 aliphatic carbocycles. The van der Waals surface area contributed by atoms with Crippen LogP contribution in [0.2, 0.25) is 16.4 Å². The Morgan fingerprint density at radius 2 is 1.67 bits per heavy atom. The molecule has 2 aliphatic rings. The number of piperidine rings is 1. The second-order valence-corrected chi connectivity index (χ2v) is 15.2. The van der Waals surface area contributed by atoms with Crippen molar-refractivity contribution in [1.29, 1.82) is 0 Å². The number of hydrogen-bond donors (Lipinski definition) is 2. The molecular formula is C20H28AsClN4O6S. The topological polar surface area (TPSA) is 127 Å². The Labute approximate surface area is 203 Å². The fourth-order valence-corrected chi connectivity index (χ4v) is 7.59. The van der Waals surface area contributed by atoms with Crippen LogP contribution in [-0.2, 0) is 15.0 Å². The SMILES string of the molecule is C[As](C)C(=O)N1CCN(S(=O)(=O)N2CCC(C(=O)c3ccc(Cl)cc3)CC2)[C@@H](C(=O)NO)C1. The van der Waals surface area contributed by atoms with Crippen LogP contribution in [-0.4, -0.2) is 96.9 Å². The van der Waals surface area contributed by atoms with E-state index in [9.17, 15) is 22.8 Å². The summed E-state index contributed by atoms with van der Waals surface area (Å²) in [7, 11) is -4.04. The number of hydrogen-bond acceptors (Lipinski definition) is 6. The van der Waals surface area contributed by atoms with E-state index in [0.29, 0.717) is 23.4 Å². The number of rotatable bonds is 6. The molecule has 0 aromatic heterocycles. The molecule has 3 rings (SSSR count). The van der Waals surface area contributed by atoms with Gasteiger partial charge >= 0.3 is 163 Å². The summed E-state index contributed by atoms with van der Waals surface area (Å²) < 4.78 is 29.0. The summed E-state index contributed by atoms with van der Waals surface area (Å²) in [5, 5.41) is 9.70. The van der Waals surface area contributed by atoms with Gasteiger partial charge in [-0.3, -0.25) is 0 Å². The third kappa shape index (κ3) is 5.78. The first-order valence-electron chi connectivity index (χ1n) is 10.5. The number of nitrogens with zero attached hydrogens (tertiary/aromatic N) is 3. The molecule has 2 amide bonds. The van der Waals surface area contributed by atoms with E-state index in [1.807, 2.05) is 11.4 Å². The first-order chi connectivity index (χ1) is 15.6. The summed E-state index contributed by atoms with van der Waals surface area (Å²) in [6, 6.07) is 5.39. The number of hydroxylamine groups is 1. The van der Waals surface area contributed by atoms with Gasteiger partial charge in [0.15, 0.2) is 0 Å². The maximum absolute atomic E-state index is 13.4. The van der Waals surface area contributed by atoms with Crippen molar-refractivity contribution in [3.8, 4) is 0 Å². The van der Waals surface area contributed by atoms with Crippen molar-refractivity contribution in [3.63, 3.8) is 0 Å². The van der Waals surface area contributed by atoms with Gasteiger partial charge in [0.05, 0.1) is 0 Å². The molecule has 1 atom stereocenters. The average molecular weight is 563 g/mol. The molecule has 2 saturated heterocycles. The zero-order valence-corrected chi connectivity index (χ0v) is 21.9. The molecule has 33 heavy (non-hydrogen) atoms. The Morgan fingerprint density at radius 3 is 2.21 bits per heavy atom. The number of Topliss-reactive ketones (excluding diaryl/α,β-unsaturated/α-hetero) is 1. The number of carbonyl (C=O) groups is 3. The molecule has 2 heterocycles. The maximum atomic E-state index is 13.4. The fraction of sp³-hybridized carbons (Fsp3) is 0.550. The zero-order chi connectivity index (χ0) is 24.3. The fourth-order valence-electron chi connectivity index (χ4n) is 4.13. The van der Waals surface area contributed by atoms with Gasteiger partial charge in [0, 0.05) is 5.02 Å². The first-order valence-corrected chi connectivity index (χ1v) is 17.0. The van der Waals surface area contributed by atoms with Crippen molar-refractivity contribution < 1.29 is 28.0 Å². The Bertz CT molecular complexity index is 998. The molecule has 0 spiro atoms. The molecule has 0 radical (unpaired) electrons. The van der Waals surface area contributed by atoms with Gasteiger partial charge in [-0.25, -0.2) is 0 Å². The second kappa shape index (κ2) is 10.8. The standard InChI is InChI=1S/C20H28AsClN4O6S/c1-21(2)20(29)24-11-12-26(17(13-24)19(28)23-30)33(31,32)25-9-7-15(8-10-25)18(27)14-3-5-16(22)6-4-14/h3-6,15,17,30H,7-13H2,1-2H3,(H,23,28)/t17-/m1/s1. The molecule has 0 bridgehead atoms. The van der Waals surface area contributed by atoms with Gasteiger partial charge in [0.1, 0.15) is 0 Å². The number of nitrogens with one attached hydrogen (secondary N) is 1. The zero-order valence-electron chi connectivity index (χ0n) is 18.5. The molecule has 0 unspecified atom stereocenters. The third-order valence-electron chi connectivity index (χ3n) is 5.97. The molecule has 2 fully saturated rings. The molecule has 2 aliphatic heterocycles. The van der Waals surface area contributed by atoms with Crippen LogP contribution in [0.4, 0.5) is 4.79 Å². The van der Waals surface area contributed by atoms with Crippen molar-refractivity contribution in [2.24, 2.45) is 5.92 Å². The molecule has 2 N–H and O–H groups in total. The van der Waals surface area contributed by atoms with E-state index in [4.69, 9.17) is 16.8 Å². The van der Waals surface area contributed by atoms with Crippen LogP contribution in [0.1, 0.15) is 23.2 Å². The van der Waals surface area contributed by atoms with E-state index < -0.39 is 36.8 Å². The summed E-state index contributed by atoms with van der Waals surface area (Å²) in [5.74, 6) is -1.23. The van der Waals surface area contributed by atoms with E-state index in [1.54, 1.807) is 24.3 Å². The van der Waals surface area contributed by atoms with Crippen molar-refractivity contribution in [2.45, 2.75) is 30.3 Å². The minimum atomic E-state index is -4.04. The summed E-state index contributed by atoms with van der Waals surface area (Å²) in [6.45, 7) is 0.309. The van der Waals surface area contributed by atoms with Crippen LogP contribution in [0.5, 0.6) is 0 Å². The molecule has 182 valence electrons. The van der Waals surface area contributed by atoms with E-state index >= 15 is 0 Å². The van der Waals surface area contributed by atoms with Gasteiger partial charge in [0.25, 0.3) is 0 Å². The molecule has 13 heteroatoms. The number of amides is 2. The molecule has 1 aromatic carbocycles. The average Bonchev–Trinajstić information content (AvgIpc) is 2.82. The van der Waals surface area contributed by atoms with Crippen molar-refractivity contribution in [3.05, 3.63) is 34.9 Å². The minimum absolute atomic E-state index is 0.0436. The van der Waals surface area contributed by atoms with Crippen molar-refractivity contribution >= 4 is 52.8 Å². The number of benzene rings is 1. The van der Waals surface area contributed by atoms with Crippen LogP contribution >= 0.6 is 11.6 Å². The van der Waals surface area contributed by atoms with Crippen LogP contribution in [0.15, 0.2) is 24.3 Å². The molecular weight excluding hydrogens is 535 g/mol. The van der Waals surface area contributed by atoms with E-state index in [2.05, 4.69) is 0 Å². The van der Waals surface area contributed by atoms with Crippen molar-refractivity contribution in [2.75, 3.05) is 32.7 Å². The van der Waals surface area contributed by atoms with Crippen LogP contribution in [0.3, 0.4) is 0 Å².